The fourth-order valence-corrected chi connectivity index (χ4v) is 2.67. The molecule has 138 valence electrons. The van der Waals surface area contributed by atoms with Crippen molar-refractivity contribution in [3.8, 4) is 0 Å². The second-order valence-corrected chi connectivity index (χ2v) is 6.29. The number of aliphatic hydroxyl groups is 1. The molecule has 0 aliphatic heterocycles. The number of hydrogen-bond donors (Lipinski definition) is 4. The largest absolute Gasteiger partial charge is 0.383 e. The van der Waals surface area contributed by atoms with Gasteiger partial charge in [-0.25, -0.2) is 4.99 Å². The fraction of sp³-hybridized carbons (Fsp3) is 0.625. The Hall–Kier alpha value is -0.870. The summed E-state index contributed by atoms with van der Waals surface area (Å²) in [6, 6.07) is 1.90. The molecule has 8 heteroatoms. The maximum Gasteiger partial charge on any atom is 0.221 e. The summed E-state index contributed by atoms with van der Waals surface area (Å²) < 4.78 is 0. The van der Waals surface area contributed by atoms with Crippen molar-refractivity contribution in [3.05, 3.63) is 22.4 Å². The van der Waals surface area contributed by atoms with Crippen LogP contribution in [0.5, 0.6) is 0 Å². The Kier molecular flexibility index (Phi) is 12.0. The summed E-state index contributed by atoms with van der Waals surface area (Å²) in [5, 5.41) is 23.4. The van der Waals surface area contributed by atoms with E-state index in [2.05, 4.69) is 20.9 Å². The molecule has 4 N–H and O–H groups in total. The summed E-state index contributed by atoms with van der Waals surface area (Å²) in [6.45, 7) is 7.92. The molecule has 1 amide bonds. The van der Waals surface area contributed by atoms with Gasteiger partial charge >= 0.3 is 0 Å². The summed E-state index contributed by atoms with van der Waals surface area (Å²) in [7, 11) is 0. The van der Waals surface area contributed by atoms with Gasteiger partial charge in [-0.3, -0.25) is 4.79 Å². The lowest BCUT2D eigenvalue weighted by molar-refractivity contribution is -0.120. The second kappa shape index (κ2) is 12.5. The first-order valence-electron chi connectivity index (χ1n) is 8.03. The molecule has 0 saturated heterocycles. The molecule has 0 aliphatic carbocycles. The van der Waals surface area contributed by atoms with Gasteiger partial charge in [0.1, 0.15) is 5.60 Å². The Morgan fingerprint density at radius 1 is 1.29 bits per heavy atom. The monoisotopic (exact) mass is 468 g/mol. The van der Waals surface area contributed by atoms with E-state index in [-0.39, 0.29) is 36.4 Å². The standard InChI is InChI=1S/C16H28N4O2S.HI/c1-4-8-18-14(21)6-9-19-15(17-5-2)20-12-16(3,22)13-7-10-23-11-13;/h7,10-11,22H,4-6,8-9,12H2,1-3H3,(H,18,21)(H2,17,19,20);1H. The Balaban J connectivity index is 0.00000529. The second-order valence-electron chi connectivity index (χ2n) is 5.51. The molecule has 1 unspecified atom stereocenters. The van der Waals surface area contributed by atoms with E-state index in [9.17, 15) is 9.90 Å². The molecule has 1 heterocycles. The average Bonchev–Trinajstić information content (AvgIpc) is 3.06. The zero-order valence-corrected chi connectivity index (χ0v) is 17.7. The Morgan fingerprint density at radius 2 is 2.04 bits per heavy atom. The van der Waals surface area contributed by atoms with Crippen LogP contribution >= 0.6 is 35.3 Å². The van der Waals surface area contributed by atoms with Gasteiger partial charge in [-0.15, -0.1) is 24.0 Å². The van der Waals surface area contributed by atoms with Gasteiger partial charge in [0, 0.05) is 26.1 Å². The number of nitrogens with one attached hydrogen (secondary N) is 3. The van der Waals surface area contributed by atoms with Crippen LogP contribution in [0.25, 0.3) is 0 Å². The molecule has 0 radical (unpaired) electrons. The molecular formula is C16H29IN4O2S. The Bertz CT molecular complexity index is 492. The highest BCUT2D eigenvalue weighted by Crippen LogP contribution is 2.23. The SMILES string of the molecule is CCCNC(=O)CCNC(=NCC(C)(O)c1ccsc1)NCC.I. The molecule has 0 saturated carbocycles. The molecule has 1 rings (SSSR count). The molecule has 0 aromatic carbocycles. The van der Waals surface area contributed by atoms with E-state index in [0.717, 1.165) is 12.0 Å². The third-order valence-electron chi connectivity index (χ3n) is 3.25. The lowest BCUT2D eigenvalue weighted by Gasteiger charge is -2.21. The van der Waals surface area contributed by atoms with Crippen molar-refractivity contribution in [1.82, 2.24) is 16.0 Å². The first-order chi connectivity index (χ1) is 11.0. The summed E-state index contributed by atoms with van der Waals surface area (Å²) in [4.78, 5) is 16.0. The van der Waals surface area contributed by atoms with Crippen LogP contribution in [0.2, 0.25) is 0 Å². The third kappa shape index (κ3) is 8.84. The van der Waals surface area contributed by atoms with E-state index in [1.807, 2.05) is 30.7 Å². The average molecular weight is 468 g/mol. The van der Waals surface area contributed by atoms with Crippen LogP contribution in [0.1, 0.15) is 39.2 Å². The summed E-state index contributed by atoms with van der Waals surface area (Å²) in [5.74, 6) is 0.631. The number of amides is 1. The molecule has 24 heavy (non-hydrogen) atoms. The Morgan fingerprint density at radius 3 is 2.62 bits per heavy atom. The van der Waals surface area contributed by atoms with Gasteiger partial charge in [-0.2, -0.15) is 11.3 Å². The molecule has 1 aromatic heterocycles. The number of carbonyl (C=O) groups is 1. The van der Waals surface area contributed by atoms with Gasteiger partial charge in [0.2, 0.25) is 5.91 Å². The molecule has 6 nitrogen and oxygen atoms in total. The highest BCUT2D eigenvalue weighted by atomic mass is 127. The third-order valence-corrected chi connectivity index (χ3v) is 3.93. The van der Waals surface area contributed by atoms with Crippen LogP contribution in [0.15, 0.2) is 21.8 Å². The van der Waals surface area contributed by atoms with Gasteiger partial charge in [0.05, 0.1) is 6.54 Å². The van der Waals surface area contributed by atoms with Gasteiger partial charge in [-0.05, 0) is 42.7 Å². The van der Waals surface area contributed by atoms with Gasteiger partial charge in [-0.1, -0.05) is 6.92 Å². The molecule has 1 aromatic rings. The number of rotatable bonds is 9. The highest BCUT2D eigenvalue weighted by Gasteiger charge is 2.23. The quantitative estimate of drug-likeness (QED) is 0.254. The van der Waals surface area contributed by atoms with Crippen molar-refractivity contribution < 1.29 is 9.90 Å². The van der Waals surface area contributed by atoms with Crippen LogP contribution in [0.4, 0.5) is 0 Å². The predicted molar refractivity (Wildman–Crippen MR) is 111 cm³/mol. The lowest BCUT2D eigenvalue weighted by Crippen LogP contribution is -2.40. The first-order valence-corrected chi connectivity index (χ1v) is 8.97. The molecular weight excluding hydrogens is 439 g/mol. The molecule has 0 spiro atoms. The summed E-state index contributed by atoms with van der Waals surface area (Å²) >= 11 is 1.55. The van der Waals surface area contributed by atoms with Crippen LogP contribution in [-0.4, -0.2) is 43.2 Å². The number of nitrogens with zero attached hydrogens (tertiary/aromatic N) is 1. The van der Waals surface area contributed by atoms with Gasteiger partial charge in [0.15, 0.2) is 5.96 Å². The number of thiophene rings is 1. The lowest BCUT2D eigenvalue weighted by atomic mass is 10.00. The minimum atomic E-state index is -0.999. The molecule has 1 atom stereocenters. The highest BCUT2D eigenvalue weighted by molar-refractivity contribution is 14.0. The minimum Gasteiger partial charge on any atom is -0.383 e. The smallest absolute Gasteiger partial charge is 0.221 e. The maximum atomic E-state index is 11.6. The van der Waals surface area contributed by atoms with E-state index in [1.54, 1.807) is 18.3 Å². The normalized spacial score (nSPS) is 13.6. The van der Waals surface area contributed by atoms with Crippen molar-refractivity contribution in [1.29, 1.82) is 0 Å². The van der Waals surface area contributed by atoms with E-state index in [1.165, 1.54) is 0 Å². The van der Waals surface area contributed by atoms with Crippen molar-refractivity contribution in [2.24, 2.45) is 4.99 Å². The number of aliphatic imine (C=N–C) groups is 1. The van der Waals surface area contributed by atoms with Crippen LogP contribution in [0.3, 0.4) is 0 Å². The van der Waals surface area contributed by atoms with E-state index in [0.29, 0.717) is 32.0 Å². The van der Waals surface area contributed by atoms with Crippen molar-refractivity contribution in [2.75, 3.05) is 26.2 Å². The molecule has 0 fully saturated rings. The predicted octanol–water partition coefficient (Wildman–Crippen LogP) is 2.05. The van der Waals surface area contributed by atoms with Crippen molar-refractivity contribution in [2.45, 2.75) is 39.2 Å². The van der Waals surface area contributed by atoms with Crippen LogP contribution < -0.4 is 16.0 Å². The van der Waals surface area contributed by atoms with Crippen LogP contribution in [-0.2, 0) is 10.4 Å². The van der Waals surface area contributed by atoms with Crippen molar-refractivity contribution >= 4 is 47.2 Å². The Labute approximate surface area is 165 Å². The van der Waals surface area contributed by atoms with E-state index >= 15 is 0 Å². The summed E-state index contributed by atoms with van der Waals surface area (Å²) in [6.07, 6.45) is 1.33. The van der Waals surface area contributed by atoms with Gasteiger partial charge in [0.25, 0.3) is 0 Å². The van der Waals surface area contributed by atoms with Crippen LogP contribution in [0, 0.1) is 0 Å². The van der Waals surface area contributed by atoms with Gasteiger partial charge < -0.3 is 21.1 Å². The zero-order chi connectivity index (χ0) is 17.1. The zero-order valence-electron chi connectivity index (χ0n) is 14.6. The number of guanidine groups is 1. The number of hydrogen-bond acceptors (Lipinski definition) is 4. The minimum absolute atomic E-state index is 0. The van der Waals surface area contributed by atoms with Crippen molar-refractivity contribution in [3.63, 3.8) is 0 Å². The molecule has 0 aliphatic rings. The summed E-state index contributed by atoms with van der Waals surface area (Å²) in [5.41, 5.74) is -0.137. The van der Waals surface area contributed by atoms with E-state index in [4.69, 9.17) is 0 Å². The number of carbonyl (C=O) groups excluding carboxylic acids is 1. The first kappa shape index (κ1) is 23.1. The topological polar surface area (TPSA) is 85.8 Å². The molecule has 0 bridgehead atoms. The van der Waals surface area contributed by atoms with E-state index < -0.39 is 5.60 Å². The number of halogens is 1. The maximum absolute atomic E-state index is 11.6. The fourth-order valence-electron chi connectivity index (χ4n) is 1.88.